The lowest BCUT2D eigenvalue weighted by Gasteiger charge is -2.33. The van der Waals surface area contributed by atoms with Gasteiger partial charge in [-0.3, -0.25) is 14.0 Å². The van der Waals surface area contributed by atoms with Gasteiger partial charge in [-0.25, -0.2) is 32.2 Å². The zero-order valence-electron chi connectivity index (χ0n) is 21.7. The Morgan fingerprint density at radius 2 is 1.68 bits per heavy atom. The van der Waals surface area contributed by atoms with Crippen molar-refractivity contribution in [1.82, 2.24) is 35.3 Å². The topological polar surface area (TPSA) is 127 Å². The summed E-state index contributed by atoms with van der Waals surface area (Å²) in [5.41, 5.74) is 1.31. The van der Waals surface area contributed by atoms with Gasteiger partial charge in [-0.15, -0.1) is 0 Å². The molecule has 3 fully saturated rings. The zero-order valence-corrected chi connectivity index (χ0v) is 21.7. The number of halogens is 4. The normalized spacial score (nSPS) is 23.5. The molecule has 6 rings (SSSR count). The van der Waals surface area contributed by atoms with Crippen molar-refractivity contribution >= 4 is 17.6 Å². The van der Waals surface area contributed by atoms with Crippen LogP contribution in [0.5, 0.6) is 0 Å². The molecule has 0 bridgehead atoms. The van der Waals surface area contributed by atoms with Gasteiger partial charge in [0.2, 0.25) is 17.6 Å². The highest BCUT2D eigenvalue weighted by Crippen LogP contribution is 2.51. The molecule has 0 radical (unpaired) electrons. The van der Waals surface area contributed by atoms with Gasteiger partial charge in [-0.1, -0.05) is 5.16 Å². The number of hydrogen-bond donors (Lipinski definition) is 2. The molecule has 3 aliphatic rings. The number of rotatable bonds is 9. The van der Waals surface area contributed by atoms with Crippen LogP contribution in [0.3, 0.4) is 0 Å². The van der Waals surface area contributed by atoms with Crippen LogP contribution in [0.4, 0.5) is 17.6 Å². The summed E-state index contributed by atoms with van der Waals surface area (Å²) in [5.74, 6) is -7.25. The number of alkyl halides is 4. The van der Waals surface area contributed by atoms with Crippen molar-refractivity contribution in [2.75, 3.05) is 0 Å². The van der Waals surface area contributed by atoms with Gasteiger partial charge in [0, 0.05) is 44.0 Å². The van der Waals surface area contributed by atoms with Crippen LogP contribution in [-0.2, 0) is 4.79 Å². The number of nitrogens with zero attached hydrogens (tertiary/aromatic N) is 5. The fraction of sp³-hybridized carbons (Fsp3) is 0.615. The van der Waals surface area contributed by atoms with Crippen LogP contribution >= 0.6 is 0 Å². The number of aromatic nitrogens is 5. The van der Waals surface area contributed by atoms with Crippen LogP contribution in [-0.4, -0.2) is 48.3 Å². The van der Waals surface area contributed by atoms with E-state index in [9.17, 15) is 27.2 Å². The molecular formula is C26H29F4N7O3. The third kappa shape index (κ3) is 5.52. The predicted octanol–water partition coefficient (Wildman–Crippen LogP) is 4.33. The second-order valence-electron chi connectivity index (χ2n) is 11.3. The Bertz CT molecular complexity index is 1430. The maximum Gasteiger partial charge on any atom is 0.276 e. The molecule has 40 heavy (non-hydrogen) atoms. The first kappa shape index (κ1) is 26.6. The maximum atomic E-state index is 13.9. The number of imidazole rings is 1. The van der Waals surface area contributed by atoms with E-state index in [0.717, 1.165) is 12.8 Å². The second kappa shape index (κ2) is 9.81. The van der Waals surface area contributed by atoms with E-state index >= 15 is 0 Å². The molecule has 0 aromatic carbocycles. The highest BCUT2D eigenvalue weighted by atomic mass is 19.3. The highest BCUT2D eigenvalue weighted by Gasteiger charge is 2.57. The van der Waals surface area contributed by atoms with Crippen LogP contribution < -0.4 is 10.6 Å². The Morgan fingerprint density at radius 1 is 1.02 bits per heavy atom. The van der Waals surface area contributed by atoms with Crippen molar-refractivity contribution in [3.8, 4) is 0 Å². The van der Waals surface area contributed by atoms with Gasteiger partial charge in [0.25, 0.3) is 11.8 Å². The molecule has 3 aromatic rings. The minimum atomic E-state index is -2.76. The molecule has 10 nitrogen and oxygen atoms in total. The van der Waals surface area contributed by atoms with Crippen molar-refractivity contribution in [2.45, 2.75) is 82.2 Å². The second-order valence-corrected chi connectivity index (χ2v) is 11.3. The standard InChI is InChI=1S/C26H29F4N7O3/c1-13-20(36-40-35-13)23(39)34-22(15-4-7-25(27,28)8-5-15)18-12-37-9-6-17(31-24(37)32-18)21(14-2-3-14)33-19(38)10-16-11-26(16,29)30/h6,9,12,14-16,21-22H,2-5,7-8,10-11H2,1H3,(H,33,38)(H,34,39)/t16-,21?,22-/m0/s1. The first-order valence-electron chi connectivity index (χ1n) is 13.5. The monoisotopic (exact) mass is 563 g/mol. The van der Waals surface area contributed by atoms with Crippen LogP contribution in [0.15, 0.2) is 23.1 Å². The van der Waals surface area contributed by atoms with Gasteiger partial charge < -0.3 is 10.6 Å². The van der Waals surface area contributed by atoms with Crippen molar-refractivity contribution in [1.29, 1.82) is 0 Å². The van der Waals surface area contributed by atoms with E-state index < -0.39 is 41.7 Å². The van der Waals surface area contributed by atoms with Gasteiger partial charge in [0.1, 0.15) is 5.69 Å². The molecule has 3 saturated carbocycles. The number of nitrogens with one attached hydrogen (secondary N) is 2. The van der Waals surface area contributed by atoms with Gasteiger partial charge in [0.05, 0.1) is 23.5 Å². The maximum absolute atomic E-state index is 13.9. The van der Waals surface area contributed by atoms with E-state index in [4.69, 9.17) is 0 Å². The van der Waals surface area contributed by atoms with E-state index in [0.29, 0.717) is 22.9 Å². The fourth-order valence-corrected chi connectivity index (χ4v) is 5.51. The molecule has 0 spiro atoms. The zero-order chi connectivity index (χ0) is 28.2. The number of hydrogen-bond acceptors (Lipinski definition) is 7. The van der Waals surface area contributed by atoms with Gasteiger partial charge >= 0.3 is 0 Å². The lowest BCUT2D eigenvalue weighted by atomic mass is 9.81. The first-order valence-corrected chi connectivity index (χ1v) is 13.5. The van der Waals surface area contributed by atoms with Crippen molar-refractivity contribution in [2.24, 2.45) is 17.8 Å². The van der Waals surface area contributed by atoms with Crippen molar-refractivity contribution in [3.63, 3.8) is 0 Å². The van der Waals surface area contributed by atoms with Crippen molar-refractivity contribution < 1.29 is 31.8 Å². The average molecular weight is 564 g/mol. The number of fused-ring (bicyclic) bond motifs is 1. The summed E-state index contributed by atoms with van der Waals surface area (Å²) in [6, 6.07) is 0.625. The smallest absolute Gasteiger partial charge is 0.276 e. The summed E-state index contributed by atoms with van der Waals surface area (Å²) in [6.45, 7) is 1.57. The van der Waals surface area contributed by atoms with Gasteiger partial charge in [0.15, 0.2) is 5.69 Å². The van der Waals surface area contributed by atoms with Crippen LogP contribution in [0.2, 0.25) is 0 Å². The summed E-state index contributed by atoms with van der Waals surface area (Å²) < 4.78 is 60.8. The average Bonchev–Trinajstić information content (AvgIpc) is 3.72. The molecule has 214 valence electrons. The molecule has 3 atom stereocenters. The molecule has 2 amide bonds. The minimum Gasteiger partial charge on any atom is -0.347 e. The first-order chi connectivity index (χ1) is 19.0. The third-order valence-corrected chi connectivity index (χ3v) is 8.19. The largest absolute Gasteiger partial charge is 0.347 e. The minimum absolute atomic E-state index is 0.00212. The molecule has 2 N–H and O–H groups in total. The van der Waals surface area contributed by atoms with Gasteiger partial charge in [-0.05, 0) is 55.7 Å². The molecule has 0 aliphatic heterocycles. The lowest BCUT2D eigenvalue weighted by molar-refractivity contribution is -0.123. The van der Waals surface area contributed by atoms with E-state index in [2.05, 4.69) is 35.5 Å². The predicted molar refractivity (Wildman–Crippen MR) is 130 cm³/mol. The molecule has 3 heterocycles. The summed E-state index contributed by atoms with van der Waals surface area (Å²) >= 11 is 0. The summed E-state index contributed by atoms with van der Waals surface area (Å²) in [7, 11) is 0. The Kier molecular flexibility index (Phi) is 6.53. The van der Waals surface area contributed by atoms with E-state index in [1.807, 2.05) is 0 Å². The Hall–Kier alpha value is -3.58. The molecule has 0 saturated heterocycles. The molecule has 14 heteroatoms. The van der Waals surface area contributed by atoms with Crippen LogP contribution in [0, 0.1) is 24.7 Å². The van der Waals surface area contributed by atoms with Crippen LogP contribution in [0.25, 0.3) is 5.78 Å². The number of carbonyl (C=O) groups excluding carboxylic acids is 2. The molecular weight excluding hydrogens is 534 g/mol. The van der Waals surface area contributed by atoms with E-state index in [1.165, 1.54) is 0 Å². The summed E-state index contributed by atoms with van der Waals surface area (Å²) in [5, 5.41) is 13.1. The SMILES string of the molecule is Cc1nonc1C(=O)N[C@H](c1cn2ccc(C(NC(=O)C[C@H]3CC3(F)F)C3CC3)nc2n1)C1CCC(F)(F)CC1. The number of amides is 2. The number of carbonyl (C=O) groups is 2. The Balaban J connectivity index is 1.25. The Labute approximate surface area is 226 Å². The van der Waals surface area contributed by atoms with Crippen LogP contribution in [0.1, 0.15) is 91.0 Å². The van der Waals surface area contributed by atoms with E-state index in [-0.39, 0.29) is 56.1 Å². The third-order valence-electron chi connectivity index (χ3n) is 8.19. The highest BCUT2D eigenvalue weighted by molar-refractivity contribution is 5.93. The molecule has 1 unspecified atom stereocenters. The van der Waals surface area contributed by atoms with Gasteiger partial charge in [-0.2, -0.15) is 0 Å². The number of aryl methyl sites for hydroxylation is 1. The Morgan fingerprint density at radius 3 is 2.30 bits per heavy atom. The fourth-order valence-electron chi connectivity index (χ4n) is 5.51. The van der Waals surface area contributed by atoms with Crippen molar-refractivity contribution in [3.05, 3.63) is 41.2 Å². The summed E-state index contributed by atoms with van der Waals surface area (Å²) in [6.07, 6.45) is 4.49. The molecule has 3 aromatic heterocycles. The summed E-state index contributed by atoms with van der Waals surface area (Å²) in [4.78, 5) is 34.8. The van der Waals surface area contributed by atoms with E-state index in [1.54, 1.807) is 29.8 Å². The molecule has 3 aliphatic carbocycles. The quantitative estimate of drug-likeness (QED) is 0.371. The lowest BCUT2D eigenvalue weighted by Crippen LogP contribution is -2.37.